The van der Waals surface area contributed by atoms with E-state index in [0.717, 1.165) is 23.3 Å². The van der Waals surface area contributed by atoms with Crippen LogP contribution < -0.4 is 9.64 Å². The number of hydrogen-bond donors (Lipinski definition) is 1. The van der Waals surface area contributed by atoms with Crippen molar-refractivity contribution in [2.45, 2.75) is 19.4 Å². The number of fused-ring (bicyclic) bond motifs is 1. The lowest BCUT2D eigenvalue weighted by Gasteiger charge is -2.23. The molecule has 1 amide bonds. The van der Waals surface area contributed by atoms with Crippen LogP contribution in [-0.4, -0.2) is 23.4 Å². The average molecular weight is 401 g/mol. The number of hydrogen-bond acceptors (Lipinski definition) is 5. The van der Waals surface area contributed by atoms with Gasteiger partial charge in [0.25, 0.3) is 11.7 Å². The van der Waals surface area contributed by atoms with Gasteiger partial charge in [-0.05, 0) is 55.0 Å². The topological polar surface area (TPSA) is 80.0 Å². The summed E-state index contributed by atoms with van der Waals surface area (Å²) in [7, 11) is 0. The first-order chi connectivity index (χ1) is 14.5. The second-order valence-corrected chi connectivity index (χ2v) is 7.44. The maximum atomic E-state index is 13.0. The summed E-state index contributed by atoms with van der Waals surface area (Å²) in [5, 5.41) is 11.1. The quantitative estimate of drug-likeness (QED) is 0.405. The lowest BCUT2D eigenvalue weighted by atomic mass is 9.97. The lowest BCUT2D eigenvalue weighted by Crippen LogP contribution is -2.29. The van der Waals surface area contributed by atoms with E-state index in [1.165, 1.54) is 11.2 Å². The van der Waals surface area contributed by atoms with Gasteiger partial charge in [-0.1, -0.05) is 17.7 Å². The molecule has 1 saturated heterocycles. The molecule has 1 N–H and O–H groups in total. The van der Waals surface area contributed by atoms with Crippen molar-refractivity contribution in [3.8, 4) is 5.75 Å². The molecule has 1 fully saturated rings. The third kappa shape index (κ3) is 2.80. The van der Waals surface area contributed by atoms with Gasteiger partial charge in [0, 0.05) is 17.7 Å². The van der Waals surface area contributed by atoms with Crippen LogP contribution in [0, 0.1) is 6.92 Å². The Bertz CT molecular complexity index is 1170. The number of carbonyl (C=O) groups is 2. The zero-order valence-corrected chi connectivity index (χ0v) is 16.3. The fourth-order valence-corrected chi connectivity index (χ4v) is 4.01. The van der Waals surface area contributed by atoms with Gasteiger partial charge in [0.2, 0.25) is 0 Å². The minimum atomic E-state index is -0.854. The van der Waals surface area contributed by atoms with Crippen LogP contribution in [0.3, 0.4) is 0 Å². The summed E-state index contributed by atoms with van der Waals surface area (Å²) in [5.74, 6) is -0.494. The highest BCUT2D eigenvalue weighted by Gasteiger charge is 2.48. The molecular weight excluding hydrogens is 382 g/mol. The Labute approximate surface area is 173 Å². The number of anilines is 1. The molecule has 0 saturated carbocycles. The van der Waals surface area contributed by atoms with E-state index in [4.69, 9.17) is 9.15 Å². The second-order valence-electron chi connectivity index (χ2n) is 7.44. The molecule has 150 valence electrons. The van der Waals surface area contributed by atoms with Gasteiger partial charge in [0.1, 0.15) is 23.3 Å². The molecule has 3 aromatic rings. The molecule has 0 aliphatic carbocycles. The fraction of sp³-hybridized carbons (Fsp3) is 0.167. The molecule has 1 atom stereocenters. The van der Waals surface area contributed by atoms with Gasteiger partial charge < -0.3 is 14.3 Å². The van der Waals surface area contributed by atoms with Gasteiger partial charge in [-0.15, -0.1) is 0 Å². The van der Waals surface area contributed by atoms with Crippen molar-refractivity contribution in [2.75, 3.05) is 11.5 Å². The molecule has 2 aliphatic heterocycles. The molecular formula is C24H19NO5. The van der Waals surface area contributed by atoms with Crippen LogP contribution in [0.1, 0.15) is 28.5 Å². The van der Waals surface area contributed by atoms with Crippen LogP contribution in [0.5, 0.6) is 5.75 Å². The largest absolute Gasteiger partial charge is 0.507 e. The van der Waals surface area contributed by atoms with E-state index in [1.807, 2.05) is 19.1 Å². The smallest absolute Gasteiger partial charge is 0.300 e. The first-order valence-electron chi connectivity index (χ1n) is 9.72. The summed E-state index contributed by atoms with van der Waals surface area (Å²) >= 11 is 0. The van der Waals surface area contributed by atoms with Crippen molar-refractivity contribution >= 4 is 23.1 Å². The molecule has 1 unspecified atom stereocenters. The SMILES string of the molecule is Cc1ccc(N2C(=O)C(=O)/C(=C(\O)c3ccc4c(c3)CCO4)C2c2ccco2)cc1. The van der Waals surface area contributed by atoms with E-state index in [2.05, 4.69) is 0 Å². The molecule has 1 aromatic heterocycles. The van der Waals surface area contributed by atoms with Gasteiger partial charge in [-0.25, -0.2) is 0 Å². The number of ketones is 1. The predicted octanol–water partition coefficient (Wildman–Crippen LogP) is 4.15. The molecule has 0 radical (unpaired) electrons. The molecule has 2 aromatic carbocycles. The highest BCUT2D eigenvalue weighted by Crippen LogP contribution is 2.42. The highest BCUT2D eigenvalue weighted by atomic mass is 16.5. The van der Waals surface area contributed by atoms with Gasteiger partial charge >= 0.3 is 0 Å². The highest BCUT2D eigenvalue weighted by molar-refractivity contribution is 6.51. The fourth-order valence-electron chi connectivity index (χ4n) is 4.01. The summed E-state index contributed by atoms with van der Waals surface area (Å²) in [4.78, 5) is 27.4. The van der Waals surface area contributed by atoms with Crippen LogP contribution in [-0.2, 0) is 16.0 Å². The van der Waals surface area contributed by atoms with E-state index < -0.39 is 17.7 Å². The summed E-state index contributed by atoms with van der Waals surface area (Å²) < 4.78 is 11.1. The number of amides is 1. The lowest BCUT2D eigenvalue weighted by molar-refractivity contribution is -0.132. The number of carbonyl (C=O) groups excluding carboxylic acids is 2. The number of rotatable bonds is 3. The van der Waals surface area contributed by atoms with Gasteiger partial charge in [-0.2, -0.15) is 0 Å². The Kier molecular flexibility index (Phi) is 4.20. The Morgan fingerprint density at radius 1 is 1.10 bits per heavy atom. The number of benzene rings is 2. The number of aliphatic hydroxyl groups is 1. The first kappa shape index (κ1) is 18.2. The van der Waals surface area contributed by atoms with Crippen molar-refractivity contribution < 1.29 is 23.8 Å². The Hall–Kier alpha value is -3.80. The average Bonchev–Trinajstić information content (AvgIpc) is 3.48. The minimum absolute atomic E-state index is 0.00869. The van der Waals surface area contributed by atoms with Gasteiger partial charge in [-0.3, -0.25) is 14.5 Å². The maximum absolute atomic E-state index is 13.0. The molecule has 5 rings (SSSR count). The zero-order valence-electron chi connectivity index (χ0n) is 16.3. The Morgan fingerprint density at radius 2 is 1.90 bits per heavy atom. The number of aryl methyl sites for hydroxylation is 1. The second kappa shape index (κ2) is 6.91. The molecule has 0 spiro atoms. The molecule has 30 heavy (non-hydrogen) atoms. The zero-order chi connectivity index (χ0) is 20.8. The van der Waals surface area contributed by atoms with Gasteiger partial charge in [0.15, 0.2) is 0 Å². The minimum Gasteiger partial charge on any atom is -0.507 e. The van der Waals surface area contributed by atoms with Crippen LogP contribution in [0.4, 0.5) is 5.69 Å². The Balaban J connectivity index is 1.68. The van der Waals surface area contributed by atoms with E-state index in [1.54, 1.807) is 42.5 Å². The van der Waals surface area contributed by atoms with E-state index >= 15 is 0 Å². The summed E-state index contributed by atoms with van der Waals surface area (Å²) in [6.07, 6.45) is 2.22. The van der Waals surface area contributed by atoms with Crippen LogP contribution in [0.15, 0.2) is 70.9 Å². The normalized spacial score (nSPS) is 19.8. The van der Waals surface area contributed by atoms with Crippen LogP contribution in [0.2, 0.25) is 0 Å². The van der Waals surface area contributed by atoms with E-state index in [-0.39, 0.29) is 11.3 Å². The van der Waals surface area contributed by atoms with E-state index in [9.17, 15) is 14.7 Å². The summed E-state index contributed by atoms with van der Waals surface area (Å²) in [6, 6.07) is 15.1. The van der Waals surface area contributed by atoms with Crippen molar-refractivity contribution in [1.82, 2.24) is 0 Å². The summed E-state index contributed by atoms with van der Waals surface area (Å²) in [5.41, 5.74) is 3.03. The standard InChI is InChI=1S/C24H19NO5/c1-14-4-7-17(8-5-14)25-21(19-3-2-11-29-19)20(23(27)24(25)28)22(26)16-6-9-18-15(13-16)10-12-30-18/h2-9,11,13,21,26H,10,12H2,1H3/b22-20-. The summed E-state index contributed by atoms with van der Waals surface area (Å²) in [6.45, 7) is 2.53. The molecule has 6 nitrogen and oxygen atoms in total. The van der Waals surface area contributed by atoms with Gasteiger partial charge in [0.05, 0.1) is 18.4 Å². The molecule has 3 heterocycles. The predicted molar refractivity (Wildman–Crippen MR) is 110 cm³/mol. The molecule has 0 bridgehead atoms. The number of Topliss-reactive ketones (excluding diaryl/α,β-unsaturated/α-hetero) is 1. The van der Waals surface area contributed by atoms with Crippen LogP contribution in [0.25, 0.3) is 5.76 Å². The van der Waals surface area contributed by atoms with Crippen molar-refractivity contribution in [3.63, 3.8) is 0 Å². The molecule has 2 aliphatic rings. The van der Waals surface area contributed by atoms with Crippen LogP contribution >= 0.6 is 0 Å². The number of ether oxygens (including phenoxy) is 1. The van der Waals surface area contributed by atoms with E-state index in [0.29, 0.717) is 23.6 Å². The van der Waals surface area contributed by atoms with Crippen molar-refractivity contribution in [1.29, 1.82) is 0 Å². The number of nitrogens with zero attached hydrogens (tertiary/aromatic N) is 1. The van der Waals surface area contributed by atoms with Crippen molar-refractivity contribution in [2.24, 2.45) is 0 Å². The molecule has 6 heteroatoms. The Morgan fingerprint density at radius 3 is 2.63 bits per heavy atom. The number of furan rings is 1. The third-order valence-corrected chi connectivity index (χ3v) is 5.53. The first-order valence-corrected chi connectivity index (χ1v) is 9.72. The van der Waals surface area contributed by atoms with Crippen molar-refractivity contribution in [3.05, 3.63) is 88.9 Å². The maximum Gasteiger partial charge on any atom is 0.300 e. The number of aliphatic hydroxyl groups excluding tert-OH is 1. The monoisotopic (exact) mass is 401 g/mol. The third-order valence-electron chi connectivity index (χ3n) is 5.53.